The molecule has 5 atom stereocenters. The first-order valence-corrected chi connectivity index (χ1v) is 13.5. The van der Waals surface area contributed by atoms with Gasteiger partial charge in [0.25, 0.3) is 0 Å². The van der Waals surface area contributed by atoms with E-state index in [1.165, 1.54) is 19.1 Å². The van der Waals surface area contributed by atoms with E-state index in [0.717, 1.165) is 10.9 Å². The molecule has 0 bridgehead atoms. The summed E-state index contributed by atoms with van der Waals surface area (Å²) in [6, 6.07) is 7.86. The van der Waals surface area contributed by atoms with Gasteiger partial charge in [0.2, 0.25) is 23.6 Å². The number of hydrogen-bond acceptors (Lipinski definition) is 8. The molecule has 0 radical (unpaired) electrons. The van der Waals surface area contributed by atoms with E-state index >= 15 is 0 Å². The van der Waals surface area contributed by atoms with Crippen LogP contribution in [0.2, 0.25) is 0 Å². The van der Waals surface area contributed by atoms with E-state index in [1.54, 1.807) is 30.5 Å². The maximum atomic E-state index is 13.5. The van der Waals surface area contributed by atoms with Gasteiger partial charge in [-0.1, -0.05) is 30.3 Å². The summed E-state index contributed by atoms with van der Waals surface area (Å²) < 4.78 is 0. The van der Waals surface area contributed by atoms with Crippen molar-refractivity contribution in [2.24, 2.45) is 11.5 Å². The van der Waals surface area contributed by atoms with Crippen LogP contribution in [-0.2, 0) is 36.8 Å². The van der Waals surface area contributed by atoms with Crippen LogP contribution >= 0.6 is 0 Å². The molecule has 4 amide bonds. The number of nitrogens with one attached hydrogen (secondary N) is 4. The highest BCUT2D eigenvalue weighted by atomic mass is 16.4. The van der Waals surface area contributed by atoms with Gasteiger partial charge in [0.1, 0.15) is 17.8 Å². The third-order valence-electron chi connectivity index (χ3n) is 6.82. The lowest BCUT2D eigenvalue weighted by atomic mass is 10.0. The maximum absolute atomic E-state index is 13.5. The standard InChI is InChI=1S/C29H36N6O8/c1-15(36)25(29(42)43)35-28(41)23(13-17-14-32-21-5-3-2-4-19(17)21)34-27(40)22(10-11-24(31)38)33-26(39)20(30)12-16-6-8-18(37)9-7-16/h2-9,14-15,20,22-23,25,32,36-37H,10-13,30H2,1H3,(H2,31,38)(H,33,39)(H,34,40)(H,35,41)(H,42,43). The molecule has 11 N–H and O–H groups in total. The zero-order chi connectivity index (χ0) is 31.7. The van der Waals surface area contributed by atoms with E-state index in [1.807, 2.05) is 12.1 Å². The number of H-pyrrole nitrogens is 1. The molecule has 3 rings (SSSR count). The Balaban J connectivity index is 1.83. The van der Waals surface area contributed by atoms with Crippen LogP contribution in [-0.4, -0.2) is 80.2 Å². The van der Waals surface area contributed by atoms with Crippen LogP contribution < -0.4 is 27.4 Å². The van der Waals surface area contributed by atoms with Crippen molar-refractivity contribution in [2.75, 3.05) is 0 Å². The molecule has 2 aromatic carbocycles. The van der Waals surface area contributed by atoms with Crippen LogP contribution in [0.25, 0.3) is 10.9 Å². The van der Waals surface area contributed by atoms with E-state index < -0.39 is 59.9 Å². The Labute approximate surface area is 246 Å². The molecular weight excluding hydrogens is 560 g/mol. The summed E-state index contributed by atoms with van der Waals surface area (Å²) in [5.74, 6) is -4.61. The van der Waals surface area contributed by atoms with Crippen LogP contribution in [0.5, 0.6) is 5.75 Å². The molecule has 0 saturated carbocycles. The lowest BCUT2D eigenvalue weighted by Crippen LogP contribution is -2.59. The highest BCUT2D eigenvalue weighted by Gasteiger charge is 2.32. The van der Waals surface area contributed by atoms with Crippen LogP contribution in [0.3, 0.4) is 0 Å². The normalized spacial score (nSPS) is 14.6. The first-order chi connectivity index (χ1) is 20.3. The van der Waals surface area contributed by atoms with Gasteiger partial charge in [-0.25, -0.2) is 4.79 Å². The van der Waals surface area contributed by atoms with Gasteiger partial charge in [-0.05, 0) is 49.1 Å². The number of fused-ring (bicyclic) bond motifs is 1. The van der Waals surface area contributed by atoms with Crippen molar-refractivity contribution in [3.8, 4) is 5.75 Å². The monoisotopic (exact) mass is 596 g/mol. The molecule has 0 aliphatic carbocycles. The van der Waals surface area contributed by atoms with Crippen molar-refractivity contribution in [3.63, 3.8) is 0 Å². The number of aliphatic hydroxyl groups is 1. The van der Waals surface area contributed by atoms with Crippen molar-refractivity contribution in [2.45, 2.75) is 62.9 Å². The Bertz CT molecular complexity index is 1450. The molecule has 0 saturated heterocycles. The zero-order valence-electron chi connectivity index (χ0n) is 23.4. The molecule has 3 aromatic rings. The Morgan fingerprint density at radius 2 is 1.51 bits per heavy atom. The number of nitrogens with two attached hydrogens (primary N) is 2. The molecule has 14 heteroatoms. The molecule has 5 unspecified atom stereocenters. The number of phenolic OH excluding ortho intramolecular Hbond substituents is 1. The van der Waals surface area contributed by atoms with E-state index in [2.05, 4.69) is 20.9 Å². The molecule has 43 heavy (non-hydrogen) atoms. The predicted molar refractivity (Wildman–Crippen MR) is 155 cm³/mol. The topological polar surface area (TPSA) is 250 Å². The molecule has 0 aliphatic rings. The average Bonchev–Trinajstić information content (AvgIpc) is 3.36. The van der Waals surface area contributed by atoms with Crippen LogP contribution in [0.15, 0.2) is 54.7 Å². The minimum Gasteiger partial charge on any atom is -0.508 e. The molecular formula is C29H36N6O8. The minimum absolute atomic E-state index is 0.0410. The molecule has 0 fully saturated rings. The number of aromatic nitrogens is 1. The molecule has 14 nitrogen and oxygen atoms in total. The third-order valence-corrected chi connectivity index (χ3v) is 6.82. The summed E-state index contributed by atoms with van der Waals surface area (Å²) in [4.78, 5) is 65.9. The second-order valence-electron chi connectivity index (χ2n) is 10.2. The molecule has 0 spiro atoms. The number of carbonyl (C=O) groups is 5. The van der Waals surface area contributed by atoms with Gasteiger partial charge in [0.05, 0.1) is 12.1 Å². The second kappa shape index (κ2) is 14.8. The van der Waals surface area contributed by atoms with Gasteiger partial charge in [0, 0.05) is 29.9 Å². The molecule has 1 heterocycles. The lowest BCUT2D eigenvalue weighted by molar-refractivity contribution is -0.145. The zero-order valence-corrected chi connectivity index (χ0v) is 23.4. The van der Waals surface area contributed by atoms with Crippen molar-refractivity contribution in [3.05, 3.63) is 65.9 Å². The third kappa shape index (κ3) is 9.28. The summed E-state index contributed by atoms with van der Waals surface area (Å²) in [6.07, 6.45) is -0.263. The number of phenols is 1. The number of aliphatic carboxylic acids is 1. The number of carboxylic acids is 1. The van der Waals surface area contributed by atoms with Gasteiger partial charge in [-0.3, -0.25) is 19.2 Å². The van der Waals surface area contributed by atoms with Gasteiger partial charge in [-0.15, -0.1) is 0 Å². The Kier molecular flexibility index (Phi) is 11.2. The smallest absolute Gasteiger partial charge is 0.328 e. The predicted octanol–water partition coefficient (Wildman–Crippen LogP) is -0.829. The largest absolute Gasteiger partial charge is 0.508 e. The highest BCUT2D eigenvalue weighted by molar-refractivity contribution is 5.95. The van der Waals surface area contributed by atoms with E-state index in [4.69, 9.17) is 11.5 Å². The fourth-order valence-corrected chi connectivity index (χ4v) is 4.46. The minimum atomic E-state index is -1.65. The Morgan fingerprint density at radius 1 is 0.884 bits per heavy atom. The van der Waals surface area contributed by atoms with E-state index in [-0.39, 0.29) is 31.4 Å². The maximum Gasteiger partial charge on any atom is 0.328 e. The average molecular weight is 597 g/mol. The van der Waals surface area contributed by atoms with Crippen LogP contribution in [0.4, 0.5) is 0 Å². The number of aliphatic hydroxyl groups excluding tert-OH is 1. The van der Waals surface area contributed by atoms with Crippen LogP contribution in [0.1, 0.15) is 30.9 Å². The summed E-state index contributed by atoms with van der Waals surface area (Å²) >= 11 is 0. The Hall–Kier alpha value is -4.95. The number of carbonyl (C=O) groups excluding carboxylic acids is 4. The molecule has 0 aliphatic heterocycles. The fourth-order valence-electron chi connectivity index (χ4n) is 4.46. The van der Waals surface area contributed by atoms with Crippen molar-refractivity contribution >= 4 is 40.5 Å². The number of amides is 4. The number of carboxylic acid groups (broad SMARTS) is 1. The summed E-state index contributed by atoms with van der Waals surface area (Å²) in [6.45, 7) is 1.20. The van der Waals surface area contributed by atoms with Gasteiger partial charge >= 0.3 is 5.97 Å². The highest BCUT2D eigenvalue weighted by Crippen LogP contribution is 2.19. The number of hydrogen-bond donors (Lipinski definition) is 9. The first kappa shape index (κ1) is 32.6. The molecule has 230 valence electrons. The lowest BCUT2D eigenvalue weighted by Gasteiger charge is -2.26. The van der Waals surface area contributed by atoms with E-state index in [0.29, 0.717) is 11.1 Å². The SMILES string of the molecule is CC(O)C(NC(=O)C(Cc1c[nH]c2ccccc12)NC(=O)C(CCC(N)=O)NC(=O)C(N)Cc1ccc(O)cc1)C(=O)O. The number of para-hydroxylation sites is 1. The number of aromatic amines is 1. The van der Waals surface area contributed by atoms with Crippen molar-refractivity contribution in [1.29, 1.82) is 0 Å². The fraction of sp³-hybridized carbons (Fsp3) is 0.345. The van der Waals surface area contributed by atoms with Crippen molar-refractivity contribution < 1.29 is 39.3 Å². The van der Waals surface area contributed by atoms with Crippen molar-refractivity contribution in [1.82, 2.24) is 20.9 Å². The number of aromatic hydroxyl groups is 1. The summed E-state index contributed by atoms with van der Waals surface area (Å²) in [5, 5.41) is 36.9. The first-order valence-electron chi connectivity index (χ1n) is 13.5. The van der Waals surface area contributed by atoms with Gasteiger partial charge in [0.15, 0.2) is 6.04 Å². The second-order valence-corrected chi connectivity index (χ2v) is 10.2. The number of benzene rings is 2. The van der Waals surface area contributed by atoms with E-state index in [9.17, 15) is 39.3 Å². The Morgan fingerprint density at radius 3 is 2.14 bits per heavy atom. The molecule has 1 aromatic heterocycles. The quantitative estimate of drug-likeness (QED) is 0.106. The number of rotatable bonds is 15. The van der Waals surface area contributed by atoms with Gasteiger partial charge in [-0.2, -0.15) is 0 Å². The number of primary amides is 1. The van der Waals surface area contributed by atoms with Gasteiger partial charge < -0.3 is 47.7 Å². The summed E-state index contributed by atoms with van der Waals surface area (Å²) in [5.41, 5.74) is 13.4. The summed E-state index contributed by atoms with van der Waals surface area (Å²) in [7, 11) is 0. The van der Waals surface area contributed by atoms with Crippen LogP contribution in [0, 0.1) is 0 Å².